The zero-order chi connectivity index (χ0) is 10.6. The van der Waals surface area contributed by atoms with Crippen LogP contribution in [0.25, 0.3) is 0 Å². The van der Waals surface area contributed by atoms with E-state index < -0.39 is 0 Å². The number of rotatable bonds is 4. The van der Waals surface area contributed by atoms with Crippen molar-refractivity contribution in [2.75, 3.05) is 11.9 Å². The molecule has 1 heterocycles. The average molecular weight is 195 g/mol. The van der Waals surface area contributed by atoms with E-state index in [1.807, 2.05) is 26.8 Å². The van der Waals surface area contributed by atoms with E-state index >= 15 is 0 Å². The van der Waals surface area contributed by atoms with Crippen LogP contribution in [0.1, 0.15) is 19.5 Å². The van der Waals surface area contributed by atoms with Gasteiger partial charge in [0.1, 0.15) is 0 Å². The minimum atomic E-state index is 0.0109. The number of hydrogen-bond acceptors (Lipinski definition) is 4. The molecule has 0 amide bonds. The van der Waals surface area contributed by atoms with Crippen LogP contribution in [0, 0.1) is 12.8 Å². The number of aromatic nitrogens is 2. The monoisotopic (exact) mass is 195 g/mol. The normalized spacial score (nSPS) is 12.9. The molecule has 1 aromatic heterocycles. The molecule has 0 radical (unpaired) electrons. The number of hydrogen-bond donors (Lipinski definition) is 2. The van der Waals surface area contributed by atoms with Crippen LogP contribution in [0.2, 0.25) is 0 Å². The highest BCUT2D eigenvalue weighted by atomic mass is 16.3. The first-order valence-corrected chi connectivity index (χ1v) is 4.80. The van der Waals surface area contributed by atoms with E-state index in [4.69, 9.17) is 5.11 Å². The van der Waals surface area contributed by atoms with Crippen LogP contribution in [0.3, 0.4) is 0 Å². The lowest BCUT2D eigenvalue weighted by molar-refractivity contribution is 0.248. The van der Waals surface area contributed by atoms with Crippen molar-refractivity contribution in [2.24, 2.45) is 5.92 Å². The zero-order valence-corrected chi connectivity index (χ0v) is 8.86. The van der Waals surface area contributed by atoms with Gasteiger partial charge in [0.2, 0.25) is 5.95 Å². The van der Waals surface area contributed by atoms with Gasteiger partial charge in [0.05, 0.1) is 12.6 Å². The minimum absolute atomic E-state index is 0.0109. The lowest BCUT2D eigenvalue weighted by atomic mass is 10.1. The Labute approximate surface area is 84.4 Å². The molecule has 0 unspecified atom stereocenters. The van der Waals surface area contributed by atoms with Gasteiger partial charge in [-0.15, -0.1) is 0 Å². The third kappa shape index (κ3) is 2.96. The maximum atomic E-state index is 9.11. The van der Waals surface area contributed by atoms with Crippen LogP contribution < -0.4 is 5.32 Å². The highest BCUT2D eigenvalue weighted by Gasteiger charge is 2.12. The summed E-state index contributed by atoms with van der Waals surface area (Å²) in [6.45, 7) is 6.10. The van der Waals surface area contributed by atoms with Gasteiger partial charge in [-0.05, 0) is 18.9 Å². The van der Waals surface area contributed by atoms with Gasteiger partial charge in [0, 0.05) is 11.9 Å². The van der Waals surface area contributed by atoms with Crippen LogP contribution in [0.5, 0.6) is 0 Å². The largest absolute Gasteiger partial charge is 0.394 e. The van der Waals surface area contributed by atoms with Gasteiger partial charge in [-0.25, -0.2) is 9.97 Å². The Morgan fingerprint density at radius 2 is 2.21 bits per heavy atom. The highest BCUT2D eigenvalue weighted by molar-refractivity contribution is 5.26. The molecule has 1 aromatic rings. The topological polar surface area (TPSA) is 58.0 Å². The Kier molecular flexibility index (Phi) is 3.83. The lowest BCUT2D eigenvalue weighted by Crippen LogP contribution is -2.30. The van der Waals surface area contributed by atoms with E-state index in [1.165, 1.54) is 0 Å². The SMILES string of the molecule is Cc1ccnc(N[C@H](CO)C(C)C)n1. The Morgan fingerprint density at radius 1 is 1.50 bits per heavy atom. The summed E-state index contributed by atoms with van der Waals surface area (Å²) in [5, 5.41) is 12.2. The van der Waals surface area contributed by atoms with Crippen molar-refractivity contribution < 1.29 is 5.11 Å². The van der Waals surface area contributed by atoms with E-state index in [1.54, 1.807) is 6.20 Å². The van der Waals surface area contributed by atoms with E-state index in [9.17, 15) is 0 Å². The summed E-state index contributed by atoms with van der Waals surface area (Å²) in [6, 6.07) is 1.85. The molecule has 0 saturated heterocycles. The molecule has 2 N–H and O–H groups in total. The van der Waals surface area contributed by atoms with Gasteiger partial charge in [-0.3, -0.25) is 0 Å². The molecule has 1 atom stereocenters. The fourth-order valence-electron chi connectivity index (χ4n) is 1.11. The second-order valence-corrected chi connectivity index (χ2v) is 3.70. The van der Waals surface area contributed by atoms with E-state index in [0.717, 1.165) is 5.69 Å². The van der Waals surface area contributed by atoms with Gasteiger partial charge in [-0.1, -0.05) is 13.8 Å². The number of anilines is 1. The van der Waals surface area contributed by atoms with Crippen molar-refractivity contribution in [2.45, 2.75) is 26.8 Å². The van der Waals surface area contributed by atoms with Crippen LogP contribution in [0.4, 0.5) is 5.95 Å². The van der Waals surface area contributed by atoms with Gasteiger partial charge in [-0.2, -0.15) is 0 Å². The summed E-state index contributed by atoms with van der Waals surface area (Å²) in [5.74, 6) is 0.932. The number of aliphatic hydroxyl groups is 1. The van der Waals surface area contributed by atoms with Gasteiger partial charge < -0.3 is 10.4 Å². The maximum absolute atomic E-state index is 9.11. The Morgan fingerprint density at radius 3 is 2.71 bits per heavy atom. The molecule has 0 bridgehead atoms. The molecule has 4 nitrogen and oxygen atoms in total. The smallest absolute Gasteiger partial charge is 0.223 e. The first-order valence-electron chi connectivity index (χ1n) is 4.80. The summed E-state index contributed by atoms with van der Waals surface area (Å²) in [5.41, 5.74) is 0.919. The van der Waals surface area contributed by atoms with Gasteiger partial charge in [0.15, 0.2) is 0 Å². The fraction of sp³-hybridized carbons (Fsp3) is 0.600. The Bertz CT molecular complexity index is 288. The van der Waals surface area contributed by atoms with Gasteiger partial charge >= 0.3 is 0 Å². The molecule has 0 aliphatic rings. The highest BCUT2D eigenvalue weighted by Crippen LogP contribution is 2.07. The van der Waals surface area contributed by atoms with Crippen LogP contribution in [0.15, 0.2) is 12.3 Å². The maximum Gasteiger partial charge on any atom is 0.223 e. The standard InChI is InChI=1S/C10H17N3O/c1-7(2)9(6-14)13-10-11-5-4-8(3)12-10/h4-5,7,9,14H,6H2,1-3H3,(H,11,12,13)/t9-/m1/s1. The molecule has 14 heavy (non-hydrogen) atoms. The predicted octanol–water partition coefficient (Wildman–Crippen LogP) is 1.21. The third-order valence-electron chi connectivity index (χ3n) is 2.11. The second-order valence-electron chi connectivity index (χ2n) is 3.70. The first kappa shape index (κ1) is 10.9. The number of aliphatic hydroxyl groups excluding tert-OH is 1. The van der Waals surface area contributed by atoms with Gasteiger partial charge in [0.25, 0.3) is 0 Å². The summed E-state index contributed by atoms with van der Waals surface area (Å²) in [6.07, 6.45) is 1.71. The lowest BCUT2D eigenvalue weighted by Gasteiger charge is -2.19. The fourth-order valence-corrected chi connectivity index (χ4v) is 1.11. The van der Waals surface area contributed by atoms with E-state index in [0.29, 0.717) is 11.9 Å². The minimum Gasteiger partial charge on any atom is -0.394 e. The number of nitrogens with zero attached hydrogens (tertiary/aromatic N) is 2. The van der Waals surface area contributed by atoms with Crippen molar-refractivity contribution in [3.8, 4) is 0 Å². The van der Waals surface area contributed by atoms with E-state index in [2.05, 4.69) is 15.3 Å². The molecule has 1 rings (SSSR count). The average Bonchev–Trinajstić information content (AvgIpc) is 2.14. The molecule has 0 spiro atoms. The Balaban J connectivity index is 2.67. The molecule has 78 valence electrons. The predicted molar refractivity (Wildman–Crippen MR) is 56.1 cm³/mol. The summed E-state index contributed by atoms with van der Waals surface area (Å²) in [7, 11) is 0. The quantitative estimate of drug-likeness (QED) is 0.758. The molecule has 0 aromatic carbocycles. The summed E-state index contributed by atoms with van der Waals surface area (Å²) < 4.78 is 0. The number of aryl methyl sites for hydroxylation is 1. The first-order chi connectivity index (χ1) is 6.63. The third-order valence-corrected chi connectivity index (χ3v) is 2.11. The molecule has 0 saturated carbocycles. The van der Waals surface area contributed by atoms with E-state index in [-0.39, 0.29) is 12.6 Å². The molecule has 4 heteroatoms. The van der Waals surface area contributed by atoms with Crippen molar-refractivity contribution in [1.29, 1.82) is 0 Å². The molecular weight excluding hydrogens is 178 g/mol. The van der Waals surface area contributed by atoms with Crippen molar-refractivity contribution in [3.05, 3.63) is 18.0 Å². The van der Waals surface area contributed by atoms with Crippen LogP contribution in [-0.4, -0.2) is 27.7 Å². The zero-order valence-electron chi connectivity index (χ0n) is 8.86. The van der Waals surface area contributed by atoms with Crippen molar-refractivity contribution in [1.82, 2.24) is 9.97 Å². The molecular formula is C10H17N3O. The molecule has 0 aliphatic carbocycles. The molecule has 0 aliphatic heterocycles. The van der Waals surface area contributed by atoms with Crippen LogP contribution in [-0.2, 0) is 0 Å². The van der Waals surface area contributed by atoms with Crippen molar-refractivity contribution >= 4 is 5.95 Å². The Hall–Kier alpha value is -1.16. The summed E-state index contributed by atoms with van der Waals surface area (Å²) >= 11 is 0. The number of nitrogens with one attached hydrogen (secondary N) is 1. The second kappa shape index (κ2) is 4.91. The molecule has 0 fully saturated rings. The summed E-state index contributed by atoms with van der Waals surface area (Å²) in [4.78, 5) is 8.29. The van der Waals surface area contributed by atoms with Crippen molar-refractivity contribution in [3.63, 3.8) is 0 Å². The van der Waals surface area contributed by atoms with Crippen LogP contribution >= 0.6 is 0 Å².